The summed E-state index contributed by atoms with van der Waals surface area (Å²) in [5, 5.41) is 0. The lowest BCUT2D eigenvalue weighted by molar-refractivity contribution is -0.253. The molecule has 0 fully saturated rings. The lowest BCUT2D eigenvalue weighted by Crippen LogP contribution is -2.40. The molecule has 158 valence electrons. The Hall–Kier alpha value is -3.46. The van der Waals surface area contributed by atoms with Crippen molar-refractivity contribution in [1.29, 1.82) is 0 Å². The molecule has 0 spiro atoms. The van der Waals surface area contributed by atoms with Gasteiger partial charge in [-0.05, 0) is 51.1 Å². The van der Waals surface area contributed by atoms with Crippen molar-refractivity contribution in [3.63, 3.8) is 0 Å². The molecule has 33 heavy (non-hydrogen) atoms. The van der Waals surface area contributed by atoms with Gasteiger partial charge in [0.1, 0.15) is 5.69 Å². The number of benzene rings is 5. The Balaban J connectivity index is 1.62. The van der Waals surface area contributed by atoms with E-state index in [1.54, 1.807) is 0 Å². The Bertz CT molecular complexity index is 1420. The number of fused-ring (bicyclic) bond motifs is 3. The maximum Gasteiger partial charge on any atom is 0.136 e. The van der Waals surface area contributed by atoms with Crippen LogP contribution in [0.25, 0.3) is 22.3 Å². The summed E-state index contributed by atoms with van der Waals surface area (Å²) in [5.74, 6) is 0. The van der Waals surface area contributed by atoms with Crippen LogP contribution in [0.4, 0.5) is 5.69 Å². The predicted molar refractivity (Wildman–Crippen MR) is 139 cm³/mol. The molecule has 0 bridgehead atoms. The van der Waals surface area contributed by atoms with E-state index in [-0.39, 0.29) is 5.41 Å². The SMILES string of the molecule is [NH3+]c1cc(Br)ccc1-c1ccc(C2(c3ccccc3)c3ccccc3-c3ccccc32)cc1. The zero-order valence-electron chi connectivity index (χ0n) is 18.1. The van der Waals surface area contributed by atoms with Gasteiger partial charge in [-0.1, -0.05) is 119 Å². The lowest BCUT2D eigenvalue weighted by Gasteiger charge is -2.34. The largest absolute Gasteiger partial charge is 0.325 e. The molecule has 2 heteroatoms. The molecule has 0 amide bonds. The van der Waals surface area contributed by atoms with Gasteiger partial charge in [0.15, 0.2) is 0 Å². The van der Waals surface area contributed by atoms with Crippen molar-refractivity contribution < 1.29 is 5.73 Å². The summed E-state index contributed by atoms with van der Waals surface area (Å²) < 4.78 is 1.05. The first-order chi connectivity index (χ1) is 16.2. The topological polar surface area (TPSA) is 27.6 Å². The van der Waals surface area contributed by atoms with Crippen LogP contribution in [0.15, 0.2) is 126 Å². The molecule has 6 rings (SSSR count). The molecule has 1 aliphatic rings. The predicted octanol–water partition coefficient (Wildman–Crippen LogP) is 7.35. The van der Waals surface area contributed by atoms with Crippen LogP contribution in [-0.4, -0.2) is 0 Å². The van der Waals surface area contributed by atoms with Crippen LogP contribution in [0.2, 0.25) is 0 Å². The first kappa shape index (κ1) is 20.2. The van der Waals surface area contributed by atoms with Gasteiger partial charge in [0.2, 0.25) is 0 Å². The van der Waals surface area contributed by atoms with Gasteiger partial charge in [-0.2, -0.15) is 0 Å². The molecule has 1 aliphatic carbocycles. The van der Waals surface area contributed by atoms with Gasteiger partial charge in [-0.3, -0.25) is 0 Å². The van der Waals surface area contributed by atoms with Crippen molar-refractivity contribution >= 4 is 21.6 Å². The highest BCUT2D eigenvalue weighted by atomic mass is 79.9. The monoisotopic (exact) mass is 488 g/mol. The van der Waals surface area contributed by atoms with Crippen LogP contribution >= 0.6 is 15.9 Å². The molecule has 0 saturated heterocycles. The standard InChI is InChI=1S/C31H22BrN/c32-24-18-19-25(30(33)20-24)21-14-16-23(17-15-21)31(22-8-2-1-3-9-22)28-12-6-4-10-26(28)27-11-5-7-13-29(27)31/h1-20H,33H2/p+1. The number of rotatable bonds is 3. The smallest absolute Gasteiger partial charge is 0.136 e. The van der Waals surface area contributed by atoms with E-state index in [1.165, 1.54) is 38.9 Å². The van der Waals surface area contributed by atoms with Gasteiger partial charge in [0, 0.05) is 16.1 Å². The van der Waals surface area contributed by atoms with Crippen LogP contribution in [0, 0.1) is 0 Å². The molecule has 0 saturated carbocycles. The van der Waals surface area contributed by atoms with Gasteiger partial charge in [0.25, 0.3) is 0 Å². The Labute approximate surface area is 202 Å². The summed E-state index contributed by atoms with van der Waals surface area (Å²) in [5.41, 5.74) is 15.1. The van der Waals surface area contributed by atoms with Gasteiger partial charge >= 0.3 is 0 Å². The summed E-state index contributed by atoms with van der Waals surface area (Å²) >= 11 is 3.55. The van der Waals surface area contributed by atoms with E-state index in [0.29, 0.717) is 0 Å². The van der Waals surface area contributed by atoms with Crippen LogP contribution < -0.4 is 5.73 Å². The normalized spacial score (nSPS) is 13.4. The summed E-state index contributed by atoms with van der Waals surface area (Å²) in [4.78, 5) is 0. The van der Waals surface area contributed by atoms with E-state index in [4.69, 9.17) is 0 Å². The molecule has 1 nitrogen and oxygen atoms in total. The summed E-state index contributed by atoms with van der Waals surface area (Å²) in [6.45, 7) is 0. The highest BCUT2D eigenvalue weighted by Gasteiger charge is 2.45. The van der Waals surface area contributed by atoms with Crippen molar-refractivity contribution in [1.82, 2.24) is 0 Å². The summed E-state index contributed by atoms with van der Waals surface area (Å²) in [6.07, 6.45) is 0. The first-order valence-electron chi connectivity index (χ1n) is 11.2. The van der Waals surface area contributed by atoms with Crippen molar-refractivity contribution in [2.45, 2.75) is 5.41 Å². The van der Waals surface area contributed by atoms with E-state index in [0.717, 1.165) is 15.7 Å². The van der Waals surface area contributed by atoms with Gasteiger partial charge in [-0.25, -0.2) is 0 Å². The molecule has 5 aromatic rings. The molecular weight excluding hydrogens is 466 g/mol. The van der Waals surface area contributed by atoms with E-state index in [2.05, 4.69) is 143 Å². The number of quaternary nitrogens is 1. The van der Waals surface area contributed by atoms with Crippen LogP contribution in [0.3, 0.4) is 0 Å². The molecule has 0 heterocycles. The summed E-state index contributed by atoms with van der Waals surface area (Å²) in [7, 11) is 0. The Kier molecular flexibility index (Phi) is 4.79. The van der Waals surface area contributed by atoms with Crippen molar-refractivity contribution in [3.8, 4) is 22.3 Å². The first-order valence-corrected chi connectivity index (χ1v) is 12.0. The maximum atomic E-state index is 4.25. The van der Waals surface area contributed by atoms with Crippen molar-refractivity contribution in [2.24, 2.45) is 0 Å². The molecule has 0 aliphatic heterocycles. The minimum absolute atomic E-state index is 0.347. The maximum absolute atomic E-state index is 4.25. The molecule has 0 radical (unpaired) electrons. The van der Waals surface area contributed by atoms with Crippen molar-refractivity contribution in [2.75, 3.05) is 0 Å². The third kappa shape index (κ3) is 3.02. The number of hydrogen-bond donors (Lipinski definition) is 1. The highest BCUT2D eigenvalue weighted by Crippen LogP contribution is 2.56. The molecule has 3 N–H and O–H groups in total. The second kappa shape index (κ2) is 7.84. The third-order valence-electron chi connectivity index (χ3n) is 6.86. The zero-order valence-corrected chi connectivity index (χ0v) is 19.7. The number of halogens is 1. The molecule has 0 unspecified atom stereocenters. The van der Waals surface area contributed by atoms with Gasteiger partial charge < -0.3 is 5.73 Å². The van der Waals surface area contributed by atoms with E-state index < -0.39 is 0 Å². The van der Waals surface area contributed by atoms with Crippen molar-refractivity contribution in [3.05, 3.63) is 148 Å². The van der Waals surface area contributed by atoms with Gasteiger partial charge in [0.05, 0.1) is 5.41 Å². The van der Waals surface area contributed by atoms with E-state index >= 15 is 0 Å². The Morgan fingerprint density at radius 1 is 0.515 bits per heavy atom. The fourth-order valence-electron chi connectivity index (χ4n) is 5.46. The second-order valence-electron chi connectivity index (χ2n) is 8.59. The molecule has 0 aromatic heterocycles. The van der Waals surface area contributed by atoms with Crippen LogP contribution in [0.5, 0.6) is 0 Å². The van der Waals surface area contributed by atoms with Crippen LogP contribution in [-0.2, 0) is 5.41 Å². The Morgan fingerprint density at radius 2 is 1.06 bits per heavy atom. The second-order valence-corrected chi connectivity index (χ2v) is 9.50. The summed E-state index contributed by atoms with van der Waals surface area (Å²) in [6, 6.07) is 43.9. The fraction of sp³-hybridized carbons (Fsp3) is 0.0323. The average Bonchev–Trinajstić information content (AvgIpc) is 3.16. The number of hydrogen-bond acceptors (Lipinski definition) is 0. The van der Waals surface area contributed by atoms with E-state index in [9.17, 15) is 0 Å². The molecule has 5 aromatic carbocycles. The average molecular weight is 489 g/mol. The molecule has 0 atom stereocenters. The fourth-order valence-corrected chi connectivity index (χ4v) is 5.86. The van der Waals surface area contributed by atoms with E-state index in [1.807, 2.05) is 0 Å². The quantitative estimate of drug-likeness (QED) is 0.269. The minimum Gasteiger partial charge on any atom is -0.325 e. The van der Waals surface area contributed by atoms with Gasteiger partial charge in [-0.15, -0.1) is 0 Å². The minimum atomic E-state index is -0.347. The molecular formula is C31H23BrN+. The third-order valence-corrected chi connectivity index (χ3v) is 7.35. The highest BCUT2D eigenvalue weighted by molar-refractivity contribution is 9.10. The lowest BCUT2D eigenvalue weighted by atomic mass is 9.67. The van der Waals surface area contributed by atoms with Crippen LogP contribution in [0.1, 0.15) is 22.3 Å². The zero-order chi connectivity index (χ0) is 22.4. The Morgan fingerprint density at radius 3 is 1.67 bits per heavy atom.